The van der Waals surface area contributed by atoms with E-state index in [9.17, 15) is 0 Å². The van der Waals surface area contributed by atoms with Gasteiger partial charge in [-0.3, -0.25) is 4.90 Å². The highest BCUT2D eigenvalue weighted by atomic mass is 16.5. The Bertz CT molecular complexity index is 962. The Balaban J connectivity index is 1.65. The minimum Gasteiger partial charge on any atom is -0.492 e. The summed E-state index contributed by atoms with van der Waals surface area (Å²) in [6.45, 7) is 6.42. The number of unbranched alkanes of at least 4 members (excludes halogenated alkanes) is 1. The van der Waals surface area contributed by atoms with Crippen molar-refractivity contribution >= 4 is 11.1 Å². The van der Waals surface area contributed by atoms with E-state index < -0.39 is 0 Å². The second-order valence-corrected chi connectivity index (χ2v) is 8.81. The molecule has 3 aromatic rings. The number of rotatable bonds is 10. The van der Waals surface area contributed by atoms with E-state index in [0.717, 1.165) is 38.2 Å². The lowest BCUT2D eigenvalue weighted by Crippen LogP contribution is -2.33. The van der Waals surface area contributed by atoms with Gasteiger partial charge in [0.1, 0.15) is 12.4 Å². The number of nitrogens with zero attached hydrogens (tertiary/aromatic N) is 1. The highest BCUT2D eigenvalue weighted by Crippen LogP contribution is 2.36. The monoisotopic (exact) mass is 437 g/mol. The first-order valence-electron chi connectivity index (χ1n) is 12.5. The molecule has 0 saturated carbocycles. The molecule has 0 atom stereocenters. The van der Waals surface area contributed by atoms with Crippen LogP contribution >= 0.6 is 0 Å². The summed E-state index contributed by atoms with van der Waals surface area (Å²) in [7, 11) is 0. The van der Waals surface area contributed by atoms with Crippen molar-refractivity contribution in [1.29, 1.82) is 0 Å². The van der Waals surface area contributed by atoms with E-state index in [4.69, 9.17) is 4.74 Å². The molecule has 2 nitrogen and oxygen atoms in total. The number of likely N-dealkylation sites (tertiary alicyclic amines) is 1. The molecular formula is C31H35NO. The predicted molar refractivity (Wildman–Crippen MR) is 138 cm³/mol. The van der Waals surface area contributed by atoms with Gasteiger partial charge in [0.05, 0.1) is 0 Å². The number of ether oxygens (including phenoxy) is 1. The van der Waals surface area contributed by atoms with Crippen LogP contribution in [0.4, 0.5) is 0 Å². The van der Waals surface area contributed by atoms with E-state index >= 15 is 0 Å². The van der Waals surface area contributed by atoms with Crippen molar-refractivity contribution in [3.8, 4) is 5.75 Å². The van der Waals surface area contributed by atoms with E-state index in [1.165, 1.54) is 60.2 Å². The van der Waals surface area contributed by atoms with E-state index in [0.29, 0.717) is 0 Å². The zero-order chi connectivity index (χ0) is 22.7. The summed E-state index contributed by atoms with van der Waals surface area (Å²) >= 11 is 0. The van der Waals surface area contributed by atoms with Crippen LogP contribution in [0.3, 0.4) is 0 Å². The van der Waals surface area contributed by atoms with Crippen molar-refractivity contribution in [3.05, 3.63) is 102 Å². The van der Waals surface area contributed by atoms with Gasteiger partial charge in [0.2, 0.25) is 0 Å². The second kappa shape index (κ2) is 12.4. The molecule has 0 amide bonds. The molecule has 0 bridgehead atoms. The van der Waals surface area contributed by atoms with E-state index in [1.807, 2.05) is 24.3 Å². The molecule has 170 valence electrons. The molecule has 0 N–H and O–H groups in total. The lowest BCUT2D eigenvalue weighted by Gasteiger charge is -2.26. The quantitative estimate of drug-likeness (QED) is 0.309. The van der Waals surface area contributed by atoms with Crippen LogP contribution in [0.1, 0.15) is 62.1 Å². The number of piperidine rings is 1. The van der Waals surface area contributed by atoms with Gasteiger partial charge < -0.3 is 4.74 Å². The fraction of sp³-hybridized carbons (Fsp3) is 0.355. The Hall–Kier alpha value is -2.84. The third-order valence-corrected chi connectivity index (χ3v) is 6.40. The molecule has 1 aliphatic heterocycles. The molecule has 33 heavy (non-hydrogen) atoms. The fourth-order valence-electron chi connectivity index (χ4n) is 4.64. The molecule has 0 aromatic heterocycles. The summed E-state index contributed by atoms with van der Waals surface area (Å²) in [5.41, 5.74) is 6.35. The van der Waals surface area contributed by atoms with Crippen molar-refractivity contribution in [2.45, 2.75) is 45.4 Å². The Morgan fingerprint density at radius 3 is 2.15 bits per heavy atom. The molecule has 3 aromatic carbocycles. The third kappa shape index (κ3) is 6.58. The molecule has 0 unspecified atom stereocenters. The molecule has 2 heteroatoms. The van der Waals surface area contributed by atoms with Crippen LogP contribution in [0.15, 0.2) is 72.8 Å². The Kier molecular flexibility index (Phi) is 8.77. The molecule has 1 fully saturated rings. The normalized spacial score (nSPS) is 14.1. The van der Waals surface area contributed by atoms with Crippen molar-refractivity contribution in [1.82, 2.24) is 4.90 Å². The minimum absolute atomic E-state index is 0.743. The second-order valence-electron chi connectivity index (χ2n) is 8.81. The first kappa shape index (κ1) is 23.3. The minimum atomic E-state index is 0.743. The van der Waals surface area contributed by atoms with Crippen LogP contribution in [0.25, 0.3) is 11.1 Å². The number of hydrogen-bond donors (Lipinski definition) is 0. The van der Waals surface area contributed by atoms with Gasteiger partial charge in [-0.2, -0.15) is 0 Å². The van der Waals surface area contributed by atoms with Gasteiger partial charge in [-0.1, -0.05) is 80.4 Å². The highest BCUT2D eigenvalue weighted by Gasteiger charge is 2.15. The maximum absolute atomic E-state index is 6.22. The molecule has 2 radical (unpaired) electrons. The molecule has 1 aliphatic rings. The average molecular weight is 438 g/mol. The van der Waals surface area contributed by atoms with Crippen LogP contribution in [0, 0.1) is 12.1 Å². The molecule has 0 spiro atoms. The first-order valence-corrected chi connectivity index (χ1v) is 12.5. The third-order valence-electron chi connectivity index (χ3n) is 6.40. The maximum Gasteiger partial charge on any atom is 0.119 e. The van der Waals surface area contributed by atoms with Crippen molar-refractivity contribution in [2.24, 2.45) is 0 Å². The maximum atomic E-state index is 6.22. The SMILES string of the molecule is CCCCC(=C(c1cc[c]cc1)c1cc[c]cc1)c1cccc(OCCN2CCCCC2)c1. The van der Waals surface area contributed by atoms with Crippen LogP contribution in [0.2, 0.25) is 0 Å². The summed E-state index contributed by atoms with van der Waals surface area (Å²) in [6.07, 6.45) is 7.34. The van der Waals surface area contributed by atoms with E-state index in [1.54, 1.807) is 0 Å². The van der Waals surface area contributed by atoms with Crippen molar-refractivity contribution in [3.63, 3.8) is 0 Å². The summed E-state index contributed by atoms with van der Waals surface area (Å²) < 4.78 is 6.22. The molecule has 1 heterocycles. The van der Waals surface area contributed by atoms with Gasteiger partial charge >= 0.3 is 0 Å². The van der Waals surface area contributed by atoms with Crippen molar-refractivity contribution < 1.29 is 4.74 Å². The summed E-state index contributed by atoms with van der Waals surface area (Å²) in [5, 5.41) is 0. The average Bonchev–Trinajstić information content (AvgIpc) is 2.88. The van der Waals surface area contributed by atoms with Gasteiger partial charge in [0.25, 0.3) is 0 Å². The van der Waals surface area contributed by atoms with Gasteiger partial charge in [-0.05, 0) is 90.9 Å². The predicted octanol–water partition coefficient (Wildman–Crippen LogP) is 7.30. The van der Waals surface area contributed by atoms with E-state index in [2.05, 4.69) is 72.5 Å². The topological polar surface area (TPSA) is 12.5 Å². The largest absolute Gasteiger partial charge is 0.492 e. The molecule has 1 saturated heterocycles. The molecular weight excluding hydrogens is 402 g/mol. The van der Waals surface area contributed by atoms with Crippen molar-refractivity contribution in [2.75, 3.05) is 26.2 Å². The fourth-order valence-corrected chi connectivity index (χ4v) is 4.64. The Morgan fingerprint density at radius 1 is 0.848 bits per heavy atom. The van der Waals surface area contributed by atoms with E-state index in [-0.39, 0.29) is 0 Å². The van der Waals surface area contributed by atoms with Gasteiger partial charge in [-0.25, -0.2) is 0 Å². The first-order chi connectivity index (χ1) is 16.3. The Labute approximate surface area is 199 Å². The highest BCUT2D eigenvalue weighted by molar-refractivity contribution is 5.98. The van der Waals surface area contributed by atoms with Crippen LogP contribution < -0.4 is 4.74 Å². The standard InChI is InChI=1S/C31H35NO/c1-2-3-20-30(31(26-14-7-4-8-15-26)27-16-9-5-10-17-27)28-18-13-19-29(25-28)33-24-23-32-21-11-6-12-22-32/h7-10,13-19,25H,2-3,6,11-12,20-24H2,1H3. The zero-order valence-electron chi connectivity index (χ0n) is 19.9. The lowest BCUT2D eigenvalue weighted by molar-refractivity contribution is 0.183. The summed E-state index contributed by atoms with van der Waals surface area (Å²) in [4.78, 5) is 2.52. The zero-order valence-corrected chi connectivity index (χ0v) is 19.9. The van der Waals surface area contributed by atoms with Crippen LogP contribution in [0.5, 0.6) is 5.75 Å². The number of hydrogen-bond acceptors (Lipinski definition) is 2. The van der Waals surface area contributed by atoms with Gasteiger partial charge in [0.15, 0.2) is 0 Å². The Morgan fingerprint density at radius 2 is 1.52 bits per heavy atom. The van der Waals surface area contributed by atoms with Gasteiger partial charge in [0, 0.05) is 6.54 Å². The molecule has 4 rings (SSSR count). The lowest BCUT2D eigenvalue weighted by atomic mass is 9.87. The van der Waals surface area contributed by atoms with Crippen LogP contribution in [-0.2, 0) is 0 Å². The summed E-state index contributed by atoms with van der Waals surface area (Å²) in [5.74, 6) is 0.959. The molecule has 0 aliphatic carbocycles. The number of allylic oxidation sites excluding steroid dienone is 1. The van der Waals surface area contributed by atoms with Crippen LogP contribution in [-0.4, -0.2) is 31.1 Å². The van der Waals surface area contributed by atoms with Gasteiger partial charge in [-0.15, -0.1) is 0 Å². The number of benzene rings is 3. The smallest absolute Gasteiger partial charge is 0.119 e. The summed E-state index contributed by atoms with van der Waals surface area (Å²) in [6, 6.07) is 31.7.